The van der Waals surface area contributed by atoms with Gasteiger partial charge in [-0.25, -0.2) is 9.38 Å². The predicted molar refractivity (Wildman–Crippen MR) is 119 cm³/mol. The van der Waals surface area contributed by atoms with Gasteiger partial charge in [0.2, 0.25) is 0 Å². The van der Waals surface area contributed by atoms with E-state index in [4.69, 9.17) is 4.74 Å². The Balaban J connectivity index is 1.45. The van der Waals surface area contributed by atoms with Crippen molar-refractivity contribution in [2.45, 2.75) is 13.5 Å². The van der Waals surface area contributed by atoms with Gasteiger partial charge in [0, 0.05) is 0 Å². The summed E-state index contributed by atoms with van der Waals surface area (Å²) in [7, 11) is 0. The quantitative estimate of drug-likeness (QED) is 0.549. The van der Waals surface area contributed by atoms with Gasteiger partial charge in [-0.3, -0.25) is 4.79 Å². The second-order valence-electron chi connectivity index (χ2n) is 6.80. The molecule has 0 aromatic heterocycles. The zero-order chi connectivity index (χ0) is 20.9. The van der Waals surface area contributed by atoms with E-state index in [9.17, 15) is 9.18 Å². The van der Waals surface area contributed by atoms with E-state index in [1.165, 1.54) is 23.9 Å². The first-order chi connectivity index (χ1) is 14.5. The fraction of sp³-hybridized carbons (Fsp3) is 0.0833. The fourth-order valence-electron chi connectivity index (χ4n) is 2.81. The summed E-state index contributed by atoms with van der Waals surface area (Å²) in [6.07, 6.45) is 1.81. The van der Waals surface area contributed by atoms with Crippen LogP contribution in [0.15, 0.2) is 82.7 Å². The van der Waals surface area contributed by atoms with Gasteiger partial charge in [-0.2, -0.15) is 0 Å². The number of thioether (sulfide) groups is 1. The zero-order valence-electron chi connectivity index (χ0n) is 16.3. The molecule has 1 amide bonds. The highest BCUT2D eigenvalue weighted by Crippen LogP contribution is 2.29. The van der Waals surface area contributed by atoms with Crippen molar-refractivity contribution in [1.29, 1.82) is 0 Å². The number of halogens is 1. The third-order valence-electron chi connectivity index (χ3n) is 4.39. The number of carbonyl (C=O) groups is 1. The number of carbonyl (C=O) groups excluding carboxylic acids is 1. The van der Waals surface area contributed by atoms with Crippen LogP contribution in [0.4, 0.5) is 10.1 Å². The van der Waals surface area contributed by atoms with Crippen molar-refractivity contribution in [3.63, 3.8) is 0 Å². The van der Waals surface area contributed by atoms with Gasteiger partial charge in [0.15, 0.2) is 5.17 Å². The third-order valence-corrected chi connectivity index (χ3v) is 5.30. The maximum atomic E-state index is 13.0. The summed E-state index contributed by atoms with van der Waals surface area (Å²) in [5.41, 5.74) is 3.67. The molecule has 0 radical (unpaired) electrons. The average molecular weight is 418 g/mol. The molecular formula is C24H19FN2O2S. The molecule has 150 valence electrons. The van der Waals surface area contributed by atoms with Gasteiger partial charge in [0.05, 0.1) is 10.6 Å². The Bertz CT molecular complexity index is 1120. The molecule has 1 aliphatic rings. The molecule has 1 aliphatic heterocycles. The highest BCUT2D eigenvalue weighted by molar-refractivity contribution is 8.18. The van der Waals surface area contributed by atoms with Crippen molar-refractivity contribution in [2.24, 2.45) is 4.99 Å². The maximum Gasteiger partial charge on any atom is 0.264 e. The van der Waals surface area contributed by atoms with E-state index in [1.54, 1.807) is 12.1 Å². The van der Waals surface area contributed by atoms with Gasteiger partial charge < -0.3 is 10.1 Å². The van der Waals surface area contributed by atoms with Crippen LogP contribution in [0, 0.1) is 12.7 Å². The van der Waals surface area contributed by atoms with Gasteiger partial charge in [-0.05, 0) is 72.3 Å². The molecule has 0 bridgehead atoms. The van der Waals surface area contributed by atoms with Crippen molar-refractivity contribution in [2.75, 3.05) is 0 Å². The van der Waals surface area contributed by atoms with Crippen LogP contribution in [0.25, 0.3) is 6.08 Å². The van der Waals surface area contributed by atoms with Crippen LogP contribution in [-0.4, -0.2) is 11.1 Å². The summed E-state index contributed by atoms with van der Waals surface area (Å²) in [5.74, 6) is 0.221. The number of nitrogens with one attached hydrogen (secondary N) is 1. The van der Waals surface area contributed by atoms with E-state index in [0.717, 1.165) is 22.4 Å². The molecule has 0 saturated carbocycles. The summed E-state index contributed by atoms with van der Waals surface area (Å²) in [4.78, 5) is 17.4. The molecule has 3 aromatic rings. The molecule has 4 nitrogen and oxygen atoms in total. The predicted octanol–water partition coefficient (Wildman–Crippen LogP) is 5.60. The van der Waals surface area contributed by atoms with Crippen LogP contribution in [0.2, 0.25) is 0 Å². The SMILES string of the molecule is Cc1ccc(N=C2NC(=O)/C(=C\c3cccc(OCc4ccc(F)cc4)c3)S2)cc1. The van der Waals surface area contributed by atoms with Crippen LogP contribution in [0.3, 0.4) is 0 Å². The lowest BCUT2D eigenvalue weighted by Gasteiger charge is -2.07. The molecule has 3 aromatic carbocycles. The van der Waals surface area contributed by atoms with Gasteiger partial charge in [-0.15, -0.1) is 0 Å². The van der Waals surface area contributed by atoms with Gasteiger partial charge in [0.1, 0.15) is 18.2 Å². The molecule has 1 saturated heterocycles. The van der Waals surface area contributed by atoms with Crippen molar-refractivity contribution in [1.82, 2.24) is 5.32 Å². The molecule has 1 fully saturated rings. The van der Waals surface area contributed by atoms with E-state index < -0.39 is 0 Å². The first-order valence-corrected chi connectivity index (χ1v) is 10.2. The first kappa shape index (κ1) is 19.9. The summed E-state index contributed by atoms with van der Waals surface area (Å²) >= 11 is 1.30. The molecule has 0 unspecified atom stereocenters. The summed E-state index contributed by atoms with van der Waals surface area (Å²) in [6.45, 7) is 2.35. The van der Waals surface area contributed by atoms with Gasteiger partial charge in [-0.1, -0.05) is 42.0 Å². The molecule has 0 spiro atoms. The van der Waals surface area contributed by atoms with Crippen molar-refractivity contribution >= 4 is 34.6 Å². The summed E-state index contributed by atoms with van der Waals surface area (Å²) < 4.78 is 18.8. The minimum absolute atomic E-state index is 0.177. The number of nitrogens with zero attached hydrogens (tertiary/aromatic N) is 1. The smallest absolute Gasteiger partial charge is 0.264 e. The molecule has 30 heavy (non-hydrogen) atoms. The number of hydrogen-bond donors (Lipinski definition) is 1. The largest absolute Gasteiger partial charge is 0.489 e. The van der Waals surface area contributed by atoms with Gasteiger partial charge >= 0.3 is 0 Å². The lowest BCUT2D eigenvalue weighted by atomic mass is 10.2. The zero-order valence-corrected chi connectivity index (χ0v) is 17.1. The number of benzene rings is 3. The van der Waals surface area contributed by atoms with Crippen molar-refractivity contribution in [3.8, 4) is 5.75 Å². The van der Waals surface area contributed by atoms with E-state index in [2.05, 4.69) is 10.3 Å². The lowest BCUT2D eigenvalue weighted by molar-refractivity contribution is -0.115. The number of aryl methyl sites for hydroxylation is 1. The number of amides is 1. The molecule has 0 atom stereocenters. The second kappa shape index (κ2) is 8.97. The molecule has 1 N–H and O–H groups in total. The third kappa shape index (κ3) is 5.15. The topological polar surface area (TPSA) is 50.7 Å². The summed E-state index contributed by atoms with van der Waals surface area (Å²) in [5, 5.41) is 3.35. The van der Waals surface area contributed by atoms with Crippen LogP contribution >= 0.6 is 11.8 Å². The number of amidine groups is 1. The Labute approximate surface area is 178 Å². The van der Waals surface area contributed by atoms with E-state index >= 15 is 0 Å². The molecular weight excluding hydrogens is 399 g/mol. The second-order valence-corrected chi connectivity index (χ2v) is 7.84. The molecule has 6 heteroatoms. The highest BCUT2D eigenvalue weighted by Gasteiger charge is 2.23. The standard InChI is InChI=1S/C24H19FN2O2S/c1-16-5-11-20(12-6-16)26-24-27-23(28)22(30-24)14-18-3-2-4-21(13-18)29-15-17-7-9-19(25)10-8-17/h2-14H,15H2,1H3,(H,26,27,28)/b22-14+. The first-order valence-electron chi connectivity index (χ1n) is 9.39. The van der Waals surface area contributed by atoms with E-state index in [-0.39, 0.29) is 11.7 Å². The lowest BCUT2D eigenvalue weighted by Crippen LogP contribution is -2.19. The summed E-state index contributed by atoms with van der Waals surface area (Å²) in [6, 6.07) is 21.5. The highest BCUT2D eigenvalue weighted by atomic mass is 32.2. The number of rotatable bonds is 5. The van der Waals surface area contributed by atoms with Gasteiger partial charge in [0.25, 0.3) is 5.91 Å². The minimum atomic E-state index is -0.273. The Morgan fingerprint density at radius 1 is 1.07 bits per heavy atom. The number of hydrogen-bond acceptors (Lipinski definition) is 4. The minimum Gasteiger partial charge on any atom is -0.489 e. The molecule has 1 heterocycles. The Morgan fingerprint density at radius 3 is 2.60 bits per heavy atom. The van der Waals surface area contributed by atoms with Crippen LogP contribution < -0.4 is 10.1 Å². The van der Waals surface area contributed by atoms with Crippen molar-refractivity contribution < 1.29 is 13.9 Å². The van der Waals surface area contributed by atoms with Crippen LogP contribution in [0.5, 0.6) is 5.75 Å². The monoisotopic (exact) mass is 418 g/mol. The van der Waals surface area contributed by atoms with E-state index in [1.807, 2.05) is 61.5 Å². The van der Waals surface area contributed by atoms with Crippen LogP contribution in [-0.2, 0) is 11.4 Å². The fourth-order valence-corrected chi connectivity index (χ4v) is 3.65. The van der Waals surface area contributed by atoms with Crippen LogP contribution in [0.1, 0.15) is 16.7 Å². The Hall–Kier alpha value is -3.38. The molecule has 4 rings (SSSR count). The molecule has 0 aliphatic carbocycles. The average Bonchev–Trinajstić information content (AvgIpc) is 3.08. The Morgan fingerprint density at radius 2 is 1.83 bits per heavy atom. The number of aliphatic imine (C=N–C) groups is 1. The van der Waals surface area contributed by atoms with Crippen molar-refractivity contribution in [3.05, 3.63) is 100 Å². The van der Waals surface area contributed by atoms with E-state index in [0.29, 0.717) is 22.4 Å². The Kier molecular flexibility index (Phi) is 5.95. The number of ether oxygens (including phenoxy) is 1. The normalized spacial score (nSPS) is 16.1. The maximum absolute atomic E-state index is 13.0.